The molecule has 2 unspecified atom stereocenters. The lowest BCUT2D eigenvalue weighted by Crippen LogP contribution is -2.57. The summed E-state index contributed by atoms with van der Waals surface area (Å²) in [5.74, 6) is -0.547. The Morgan fingerprint density at radius 2 is 2.22 bits per heavy atom. The number of aliphatic carboxylic acids is 1. The van der Waals surface area contributed by atoms with Gasteiger partial charge in [0.05, 0.1) is 0 Å². The molecule has 1 aromatic heterocycles. The lowest BCUT2D eigenvalue weighted by molar-refractivity contribution is -0.149. The van der Waals surface area contributed by atoms with Crippen molar-refractivity contribution in [2.75, 3.05) is 0 Å². The van der Waals surface area contributed by atoms with Gasteiger partial charge in [0.25, 0.3) is 0 Å². The van der Waals surface area contributed by atoms with Gasteiger partial charge in [0.2, 0.25) is 0 Å². The molecule has 4 heteroatoms. The molecule has 0 spiro atoms. The molecule has 2 N–H and O–H groups in total. The molecule has 1 aromatic rings. The summed E-state index contributed by atoms with van der Waals surface area (Å²) in [6.07, 6.45) is 7.28. The number of carboxylic acid groups (broad SMARTS) is 1. The van der Waals surface area contributed by atoms with Gasteiger partial charge in [0, 0.05) is 18.9 Å². The van der Waals surface area contributed by atoms with Gasteiger partial charge in [-0.15, -0.1) is 0 Å². The van der Waals surface area contributed by atoms with Gasteiger partial charge in [0.15, 0.2) is 0 Å². The molecule has 18 heavy (non-hydrogen) atoms. The van der Waals surface area contributed by atoms with Gasteiger partial charge in [-0.2, -0.15) is 0 Å². The first-order valence-electron chi connectivity index (χ1n) is 6.52. The van der Waals surface area contributed by atoms with Crippen LogP contribution in [0.5, 0.6) is 0 Å². The molecule has 0 saturated heterocycles. The molecule has 4 nitrogen and oxygen atoms in total. The maximum absolute atomic E-state index is 11.6. The van der Waals surface area contributed by atoms with Gasteiger partial charge < -0.3 is 5.11 Å². The van der Waals surface area contributed by atoms with Crippen LogP contribution in [0.25, 0.3) is 0 Å². The number of nitrogens with zero attached hydrogens (tertiary/aromatic N) is 1. The summed E-state index contributed by atoms with van der Waals surface area (Å²) >= 11 is 0. The van der Waals surface area contributed by atoms with Crippen LogP contribution in [0.15, 0.2) is 24.5 Å². The van der Waals surface area contributed by atoms with E-state index in [1.165, 1.54) is 0 Å². The Morgan fingerprint density at radius 3 is 2.83 bits per heavy atom. The number of nitrogens with one attached hydrogen (secondary N) is 1. The van der Waals surface area contributed by atoms with Crippen molar-refractivity contribution in [3.63, 3.8) is 0 Å². The van der Waals surface area contributed by atoms with E-state index >= 15 is 0 Å². The summed E-state index contributed by atoms with van der Waals surface area (Å²) in [7, 11) is 0. The maximum atomic E-state index is 11.6. The third-order valence-corrected chi connectivity index (χ3v) is 4.04. The highest BCUT2D eigenvalue weighted by Crippen LogP contribution is 2.34. The minimum atomic E-state index is -0.762. The van der Waals surface area contributed by atoms with Crippen LogP contribution in [0, 0.1) is 5.92 Å². The second kappa shape index (κ2) is 5.48. The first kappa shape index (κ1) is 13.0. The van der Waals surface area contributed by atoms with Gasteiger partial charge in [-0.3, -0.25) is 15.1 Å². The van der Waals surface area contributed by atoms with Crippen molar-refractivity contribution in [3.8, 4) is 0 Å². The van der Waals surface area contributed by atoms with Gasteiger partial charge >= 0.3 is 5.97 Å². The van der Waals surface area contributed by atoms with Crippen molar-refractivity contribution in [1.82, 2.24) is 10.3 Å². The molecular formula is C14H20N2O2. The third kappa shape index (κ3) is 2.53. The predicted molar refractivity (Wildman–Crippen MR) is 69.1 cm³/mol. The van der Waals surface area contributed by atoms with Crippen molar-refractivity contribution >= 4 is 5.97 Å². The summed E-state index contributed by atoms with van der Waals surface area (Å²) in [4.78, 5) is 15.6. The fourth-order valence-electron chi connectivity index (χ4n) is 2.76. The molecule has 0 bridgehead atoms. The first-order valence-corrected chi connectivity index (χ1v) is 6.52. The molecule has 2 rings (SSSR count). The Kier molecular flexibility index (Phi) is 3.97. The largest absolute Gasteiger partial charge is 0.480 e. The Balaban J connectivity index is 2.09. The number of pyridine rings is 1. The van der Waals surface area contributed by atoms with E-state index in [0.717, 1.165) is 24.8 Å². The monoisotopic (exact) mass is 248 g/mol. The van der Waals surface area contributed by atoms with E-state index in [2.05, 4.69) is 10.3 Å². The third-order valence-electron chi connectivity index (χ3n) is 4.04. The van der Waals surface area contributed by atoms with E-state index in [1.807, 2.05) is 19.1 Å². The van der Waals surface area contributed by atoms with Crippen LogP contribution in [0.1, 0.15) is 38.2 Å². The summed E-state index contributed by atoms with van der Waals surface area (Å²) < 4.78 is 0. The SMILES string of the molecule is CC1CCCCC1(NCc1ccncc1)C(=O)O. The fraction of sp³-hybridized carbons (Fsp3) is 0.571. The van der Waals surface area contributed by atoms with E-state index in [-0.39, 0.29) is 5.92 Å². The highest BCUT2D eigenvalue weighted by molar-refractivity contribution is 5.79. The molecule has 1 saturated carbocycles. The Hall–Kier alpha value is -1.42. The van der Waals surface area contributed by atoms with E-state index in [9.17, 15) is 9.90 Å². The van der Waals surface area contributed by atoms with E-state index in [1.54, 1.807) is 12.4 Å². The summed E-state index contributed by atoms with van der Waals surface area (Å²) in [5.41, 5.74) is 0.310. The Morgan fingerprint density at radius 1 is 1.50 bits per heavy atom. The van der Waals surface area contributed by atoms with Crippen LogP contribution in [-0.2, 0) is 11.3 Å². The lowest BCUT2D eigenvalue weighted by atomic mass is 9.73. The van der Waals surface area contributed by atoms with Crippen LogP contribution in [0.3, 0.4) is 0 Å². The molecule has 0 amide bonds. The van der Waals surface area contributed by atoms with Crippen molar-refractivity contribution in [2.45, 2.75) is 44.7 Å². The zero-order valence-electron chi connectivity index (χ0n) is 10.7. The summed E-state index contributed by atoms with van der Waals surface area (Å²) in [6, 6.07) is 3.83. The summed E-state index contributed by atoms with van der Waals surface area (Å²) in [6.45, 7) is 2.62. The fourth-order valence-corrected chi connectivity index (χ4v) is 2.76. The van der Waals surface area contributed by atoms with Crippen molar-refractivity contribution < 1.29 is 9.90 Å². The predicted octanol–water partition coefficient (Wildman–Crippen LogP) is 2.20. The Labute approximate surface area is 107 Å². The smallest absolute Gasteiger partial charge is 0.324 e. The quantitative estimate of drug-likeness (QED) is 0.857. The summed E-state index contributed by atoms with van der Waals surface area (Å²) in [5, 5.41) is 12.8. The molecule has 0 aliphatic heterocycles. The lowest BCUT2D eigenvalue weighted by Gasteiger charge is -2.39. The standard InChI is InChI=1S/C14H20N2O2/c1-11-4-2-3-7-14(11,13(17)18)16-10-12-5-8-15-9-6-12/h5-6,8-9,11,16H,2-4,7,10H2,1H3,(H,17,18). The number of rotatable bonds is 4. The molecule has 0 radical (unpaired) electrons. The zero-order chi connectivity index (χ0) is 13.0. The molecule has 1 heterocycles. The molecule has 1 aliphatic carbocycles. The van der Waals surface area contributed by atoms with Crippen LogP contribution in [-0.4, -0.2) is 21.6 Å². The Bertz CT molecular complexity index is 408. The molecular weight excluding hydrogens is 228 g/mol. The van der Waals surface area contributed by atoms with Crippen LogP contribution in [0.4, 0.5) is 0 Å². The minimum absolute atomic E-state index is 0.172. The van der Waals surface area contributed by atoms with Crippen LogP contribution in [0.2, 0.25) is 0 Å². The number of carbonyl (C=O) groups is 1. The molecule has 1 aliphatic rings. The van der Waals surface area contributed by atoms with Gasteiger partial charge in [0.1, 0.15) is 5.54 Å². The van der Waals surface area contributed by atoms with E-state index < -0.39 is 11.5 Å². The minimum Gasteiger partial charge on any atom is -0.480 e. The van der Waals surface area contributed by atoms with E-state index in [0.29, 0.717) is 13.0 Å². The molecule has 0 aromatic carbocycles. The normalized spacial score (nSPS) is 27.9. The highest BCUT2D eigenvalue weighted by Gasteiger charge is 2.44. The number of carboxylic acids is 1. The topological polar surface area (TPSA) is 62.2 Å². The number of aromatic nitrogens is 1. The number of hydrogen-bond donors (Lipinski definition) is 2. The average Bonchev–Trinajstić information content (AvgIpc) is 2.39. The molecule has 1 fully saturated rings. The van der Waals surface area contributed by atoms with Crippen molar-refractivity contribution in [2.24, 2.45) is 5.92 Å². The highest BCUT2D eigenvalue weighted by atomic mass is 16.4. The molecule has 2 atom stereocenters. The second-order valence-corrected chi connectivity index (χ2v) is 5.13. The van der Waals surface area contributed by atoms with Crippen molar-refractivity contribution in [1.29, 1.82) is 0 Å². The average molecular weight is 248 g/mol. The second-order valence-electron chi connectivity index (χ2n) is 5.13. The van der Waals surface area contributed by atoms with Crippen LogP contribution >= 0.6 is 0 Å². The number of hydrogen-bond acceptors (Lipinski definition) is 3. The van der Waals surface area contributed by atoms with Gasteiger partial charge in [-0.25, -0.2) is 0 Å². The van der Waals surface area contributed by atoms with E-state index in [4.69, 9.17) is 0 Å². The van der Waals surface area contributed by atoms with Gasteiger partial charge in [-0.05, 0) is 36.5 Å². The zero-order valence-corrected chi connectivity index (χ0v) is 10.7. The first-order chi connectivity index (χ1) is 8.65. The van der Waals surface area contributed by atoms with Gasteiger partial charge in [-0.1, -0.05) is 19.8 Å². The van der Waals surface area contributed by atoms with Crippen LogP contribution < -0.4 is 5.32 Å². The maximum Gasteiger partial charge on any atom is 0.324 e. The van der Waals surface area contributed by atoms with Crippen molar-refractivity contribution in [3.05, 3.63) is 30.1 Å². The molecule has 98 valence electrons.